The van der Waals surface area contributed by atoms with Gasteiger partial charge >= 0.3 is 0 Å². The summed E-state index contributed by atoms with van der Waals surface area (Å²) in [5.74, 6) is 2.18. The molecule has 0 bridgehead atoms. The van der Waals surface area contributed by atoms with Gasteiger partial charge in [-0.15, -0.1) is 0 Å². The maximum absolute atomic E-state index is 4.35. The summed E-state index contributed by atoms with van der Waals surface area (Å²) in [5.41, 5.74) is 3.91. The molecule has 1 fully saturated rings. The number of H-pyrrole nitrogens is 1. The second-order valence-corrected chi connectivity index (χ2v) is 8.50. The van der Waals surface area contributed by atoms with Crippen molar-refractivity contribution in [1.29, 1.82) is 0 Å². The largest absolute Gasteiger partial charge is 0.361 e. The molecule has 1 aliphatic rings. The van der Waals surface area contributed by atoms with Gasteiger partial charge in [0.05, 0.1) is 0 Å². The number of aromatic nitrogens is 1. The number of hydrogen-bond acceptors (Lipinski definition) is 2. The highest BCUT2D eigenvalue weighted by Crippen LogP contribution is 2.36. The molecule has 3 rings (SSSR count). The van der Waals surface area contributed by atoms with E-state index >= 15 is 0 Å². The number of guanidine groups is 1. The molecule has 1 aromatic carbocycles. The van der Waals surface area contributed by atoms with E-state index in [0.29, 0.717) is 4.75 Å². The number of aliphatic imine (C=N–C) groups is 1. The van der Waals surface area contributed by atoms with Crippen LogP contribution in [0.2, 0.25) is 0 Å². The zero-order valence-corrected chi connectivity index (χ0v) is 15.7. The van der Waals surface area contributed by atoms with Gasteiger partial charge in [-0.3, -0.25) is 4.99 Å². The van der Waals surface area contributed by atoms with Crippen molar-refractivity contribution in [2.24, 2.45) is 4.99 Å². The number of hydrogen-bond donors (Lipinski definition) is 3. The van der Waals surface area contributed by atoms with Gasteiger partial charge in [-0.2, -0.15) is 11.8 Å². The summed E-state index contributed by atoms with van der Waals surface area (Å²) in [6.07, 6.45) is 5.73. The van der Waals surface area contributed by atoms with Crippen LogP contribution in [0.15, 0.2) is 29.4 Å². The molecule has 0 radical (unpaired) electrons. The molecule has 2 aromatic rings. The summed E-state index contributed by atoms with van der Waals surface area (Å²) < 4.78 is 0.353. The van der Waals surface area contributed by atoms with E-state index in [1.807, 2.05) is 7.05 Å². The quantitative estimate of drug-likeness (QED) is 0.575. The number of benzene rings is 1. The minimum Gasteiger partial charge on any atom is -0.361 e. The number of aromatic amines is 1. The summed E-state index contributed by atoms with van der Waals surface area (Å²) in [5, 5.41) is 8.26. The number of aryl methyl sites for hydroxylation is 1. The Morgan fingerprint density at radius 3 is 3.00 bits per heavy atom. The summed E-state index contributed by atoms with van der Waals surface area (Å²) in [4.78, 5) is 7.75. The lowest BCUT2D eigenvalue weighted by atomic mass is 10.1. The van der Waals surface area contributed by atoms with Crippen LogP contribution in [-0.4, -0.2) is 41.6 Å². The molecule has 3 N–H and O–H groups in total. The number of rotatable bonds is 5. The van der Waals surface area contributed by atoms with Crippen molar-refractivity contribution in [2.75, 3.05) is 25.9 Å². The smallest absolute Gasteiger partial charge is 0.191 e. The maximum Gasteiger partial charge on any atom is 0.191 e. The Morgan fingerprint density at radius 2 is 2.25 bits per heavy atom. The molecule has 2 heterocycles. The molecule has 5 heteroatoms. The van der Waals surface area contributed by atoms with Crippen LogP contribution in [0.1, 0.15) is 30.9 Å². The van der Waals surface area contributed by atoms with E-state index in [2.05, 4.69) is 70.6 Å². The molecule has 0 aliphatic carbocycles. The average molecular weight is 345 g/mol. The fourth-order valence-corrected chi connectivity index (χ4v) is 4.60. The third-order valence-electron chi connectivity index (χ3n) is 4.85. The molecular formula is C19H28N4S. The molecule has 1 aromatic heterocycles. The first kappa shape index (κ1) is 17.2. The van der Waals surface area contributed by atoms with E-state index in [0.717, 1.165) is 25.5 Å². The van der Waals surface area contributed by atoms with Crippen LogP contribution >= 0.6 is 11.8 Å². The van der Waals surface area contributed by atoms with Crippen LogP contribution in [0.5, 0.6) is 0 Å². The van der Waals surface area contributed by atoms with Gasteiger partial charge in [0.1, 0.15) is 0 Å². The molecule has 0 saturated carbocycles. The predicted molar refractivity (Wildman–Crippen MR) is 106 cm³/mol. The first-order valence-electron chi connectivity index (χ1n) is 8.75. The summed E-state index contributed by atoms with van der Waals surface area (Å²) in [6, 6.07) is 6.47. The van der Waals surface area contributed by atoms with Gasteiger partial charge in [0, 0.05) is 42.0 Å². The van der Waals surface area contributed by atoms with Crippen LogP contribution < -0.4 is 10.6 Å². The van der Waals surface area contributed by atoms with Gasteiger partial charge in [0.2, 0.25) is 0 Å². The Bertz CT molecular complexity index is 713. The van der Waals surface area contributed by atoms with Crippen LogP contribution in [0.25, 0.3) is 10.9 Å². The number of fused-ring (bicyclic) bond motifs is 1. The fraction of sp³-hybridized carbons (Fsp3) is 0.526. The molecule has 1 saturated heterocycles. The molecule has 1 unspecified atom stereocenters. The van der Waals surface area contributed by atoms with Gasteiger partial charge in [0.15, 0.2) is 5.96 Å². The van der Waals surface area contributed by atoms with E-state index in [9.17, 15) is 0 Å². The minimum absolute atomic E-state index is 0.353. The van der Waals surface area contributed by atoms with E-state index in [4.69, 9.17) is 0 Å². The molecular weight excluding hydrogens is 316 g/mol. The second kappa shape index (κ2) is 7.51. The van der Waals surface area contributed by atoms with Crippen molar-refractivity contribution in [3.8, 4) is 0 Å². The van der Waals surface area contributed by atoms with Crippen molar-refractivity contribution in [3.63, 3.8) is 0 Å². The fourth-order valence-electron chi connectivity index (χ4n) is 3.35. The van der Waals surface area contributed by atoms with E-state index in [1.165, 1.54) is 40.6 Å². The lowest BCUT2D eigenvalue weighted by molar-refractivity contribution is 0.584. The van der Waals surface area contributed by atoms with Crippen LogP contribution in [0.3, 0.4) is 0 Å². The summed E-state index contributed by atoms with van der Waals surface area (Å²) in [7, 11) is 1.84. The Balaban J connectivity index is 1.51. The second-order valence-electron chi connectivity index (χ2n) is 6.82. The van der Waals surface area contributed by atoms with Gasteiger partial charge < -0.3 is 15.6 Å². The number of para-hydroxylation sites is 1. The van der Waals surface area contributed by atoms with E-state index < -0.39 is 0 Å². The Kier molecular flexibility index (Phi) is 5.39. The normalized spacial score (nSPS) is 21.4. The van der Waals surface area contributed by atoms with Crippen molar-refractivity contribution < 1.29 is 0 Å². The van der Waals surface area contributed by atoms with Crippen molar-refractivity contribution in [2.45, 2.75) is 37.9 Å². The van der Waals surface area contributed by atoms with E-state index in [1.54, 1.807) is 0 Å². The summed E-state index contributed by atoms with van der Waals surface area (Å²) in [6.45, 7) is 6.35. The number of thioether (sulfide) groups is 1. The third kappa shape index (κ3) is 3.89. The molecule has 1 aliphatic heterocycles. The standard InChI is InChI=1S/C19H28N4S/c1-14-6-4-7-16-15(12-22-17(14)16)8-10-21-18(20-3)23-13-19(2)9-5-11-24-19/h4,6-7,12,22H,5,8-11,13H2,1-3H3,(H2,20,21,23). The maximum atomic E-state index is 4.35. The molecule has 0 spiro atoms. The highest BCUT2D eigenvalue weighted by molar-refractivity contribution is 8.00. The third-order valence-corrected chi connectivity index (χ3v) is 6.39. The van der Waals surface area contributed by atoms with Gasteiger partial charge in [0.25, 0.3) is 0 Å². The lowest BCUT2D eigenvalue weighted by Gasteiger charge is -2.24. The number of nitrogens with zero attached hydrogens (tertiary/aromatic N) is 1. The molecule has 130 valence electrons. The first-order valence-corrected chi connectivity index (χ1v) is 9.74. The van der Waals surface area contributed by atoms with Crippen molar-refractivity contribution in [1.82, 2.24) is 15.6 Å². The zero-order valence-electron chi connectivity index (χ0n) is 14.9. The van der Waals surface area contributed by atoms with Gasteiger partial charge in [-0.05, 0) is 50.0 Å². The predicted octanol–water partition coefficient (Wildman–Crippen LogP) is 3.47. The molecule has 0 amide bonds. The zero-order chi connectivity index (χ0) is 17.0. The molecule has 4 nitrogen and oxygen atoms in total. The van der Waals surface area contributed by atoms with Crippen LogP contribution in [0, 0.1) is 6.92 Å². The molecule has 1 atom stereocenters. The van der Waals surface area contributed by atoms with Crippen molar-refractivity contribution in [3.05, 3.63) is 35.5 Å². The summed E-state index contributed by atoms with van der Waals surface area (Å²) >= 11 is 2.07. The first-order chi connectivity index (χ1) is 11.6. The highest BCUT2D eigenvalue weighted by Gasteiger charge is 2.29. The Hall–Kier alpha value is -1.62. The highest BCUT2D eigenvalue weighted by atomic mass is 32.2. The van der Waals surface area contributed by atoms with Crippen LogP contribution in [-0.2, 0) is 6.42 Å². The average Bonchev–Trinajstić information content (AvgIpc) is 3.19. The SMILES string of the molecule is CN=C(NCCc1c[nH]c2c(C)cccc12)NCC1(C)CCCS1. The Labute approximate surface area is 148 Å². The van der Waals surface area contributed by atoms with Gasteiger partial charge in [-0.1, -0.05) is 18.2 Å². The number of nitrogens with one attached hydrogen (secondary N) is 3. The van der Waals surface area contributed by atoms with Crippen LogP contribution in [0.4, 0.5) is 0 Å². The van der Waals surface area contributed by atoms with Gasteiger partial charge in [-0.25, -0.2) is 0 Å². The monoisotopic (exact) mass is 344 g/mol. The minimum atomic E-state index is 0.353. The van der Waals surface area contributed by atoms with Crippen molar-refractivity contribution >= 4 is 28.6 Å². The van der Waals surface area contributed by atoms with E-state index in [-0.39, 0.29) is 0 Å². The molecule has 24 heavy (non-hydrogen) atoms. The topological polar surface area (TPSA) is 52.2 Å². The lowest BCUT2D eigenvalue weighted by Crippen LogP contribution is -2.44. The Morgan fingerprint density at radius 1 is 1.38 bits per heavy atom.